The highest BCUT2D eigenvalue weighted by Gasteiger charge is 2.21. The minimum atomic E-state index is -2.26. The van der Waals surface area contributed by atoms with Gasteiger partial charge in [0.1, 0.15) is 0 Å². The first kappa shape index (κ1) is 15.0. The van der Waals surface area contributed by atoms with Gasteiger partial charge in [-0.2, -0.15) is 5.10 Å². The third kappa shape index (κ3) is 3.95. The molecule has 1 aromatic rings. The topological polar surface area (TPSA) is 36.3 Å². The van der Waals surface area contributed by atoms with Crippen molar-refractivity contribution in [2.24, 2.45) is 0 Å². The molecule has 0 amide bonds. The maximum absolute atomic E-state index is 5.88. The highest BCUT2D eigenvalue weighted by atomic mass is 35.5. The van der Waals surface area contributed by atoms with Gasteiger partial charge in [0.05, 0.1) is 12.6 Å². The van der Waals surface area contributed by atoms with Crippen LogP contribution in [0.15, 0.2) is 6.07 Å². The normalized spacial score (nSPS) is 14.9. The molecule has 0 bridgehead atoms. The maximum atomic E-state index is 5.88. The van der Waals surface area contributed by atoms with Crippen molar-refractivity contribution < 1.29 is 9.05 Å². The second-order valence-electron chi connectivity index (χ2n) is 3.78. The van der Waals surface area contributed by atoms with Crippen LogP contribution in [0.25, 0.3) is 0 Å². The molecule has 1 rings (SSSR count). The van der Waals surface area contributed by atoms with Crippen molar-refractivity contribution >= 4 is 29.9 Å². The van der Waals surface area contributed by atoms with E-state index in [4.69, 9.17) is 32.5 Å². The van der Waals surface area contributed by atoms with Crippen LogP contribution in [0.5, 0.6) is 5.88 Å². The first-order valence-electron chi connectivity index (χ1n) is 5.60. The Morgan fingerprint density at radius 1 is 1.53 bits per heavy atom. The first-order chi connectivity index (χ1) is 7.91. The van der Waals surface area contributed by atoms with Crippen molar-refractivity contribution in [3.8, 4) is 5.88 Å². The van der Waals surface area contributed by atoms with E-state index >= 15 is 0 Å². The van der Waals surface area contributed by atoms with Crippen LogP contribution in [0.4, 0.5) is 0 Å². The number of halogens is 1. The molecule has 0 radical (unpaired) electrons. The smallest absolute Gasteiger partial charge is 0.239 e. The van der Waals surface area contributed by atoms with Crippen LogP contribution in [0.1, 0.15) is 33.7 Å². The lowest BCUT2D eigenvalue weighted by atomic mass is 10.4. The predicted octanol–water partition coefficient (Wildman–Crippen LogP) is 3.86. The summed E-state index contributed by atoms with van der Waals surface area (Å²) in [7, 11) is 0. The van der Waals surface area contributed by atoms with Gasteiger partial charge in [-0.1, -0.05) is 18.5 Å². The second-order valence-corrected chi connectivity index (χ2v) is 8.13. The van der Waals surface area contributed by atoms with Gasteiger partial charge in [-0.05, 0) is 32.6 Å². The Labute approximate surface area is 112 Å². The van der Waals surface area contributed by atoms with Gasteiger partial charge in [0.15, 0.2) is 5.15 Å². The zero-order chi connectivity index (χ0) is 13.1. The number of hydrogen-bond acceptors (Lipinski definition) is 4. The van der Waals surface area contributed by atoms with E-state index in [-0.39, 0.29) is 6.04 Å². The lowest BCUT2D eigenvalue weighted by Gasteiger charge is -2.21. The molecule has 17 heavy (non-hydrogen) atoms. The van der Waals surface area contributed by atoms with Crippen molar-refractivity contribution in [2.75, 3.05) is 12.8 Å². The molecule has 0 N–H and O–H groups in total. The molecule has 4 nitrogen and oxygen atoms in total. The zero-order valence-electron chi connectivity index (χ0n) is 10.5. The molecular formula is C10H18ClN2O2PS. The van der Waals surface area contributed by atoms with Crippen LogP contribution in [0.2, 0.25) is 5.15 Å². The summed E-state index contributed by atoms with van der Waals surface area (Å²) in [6.07, 6.45) is 0.678. The minimum absolute atomic E-state index is 0.166. The molecule has 0 aliphatic carbocycles. The minimum Gasteiger partial charge on any atom is -0.426 e. The van der Waals surface area contributed by atoms with Crippen molar-refractivity contribution in [3.63, 3.8) is 0 Å². The fraction of sp³-hybridized carbons (Fsp3) is 0.700. The van der Waals surface area contributed by atoms with Crippen LogP contribution < -0.4 is 4.52 Å². The van der Waals surface area contributed by atoms with Crippen molar-refractivity contribution in [1.29, 1.82) is 0 Å². The van der Waals surface area contributed by atoms with E-state index in [1.54, 1.807) is 10.7 Å². The lowest BCUT2D eigenvalue weighted by Crippen LogP contribution is -2.08. The number of hydrogen-bond donors (Lipinski definition) is 0. The molecule has 1 heterocycles. The van der Waals surface area contributed by atoms with E-state index in [9.17, 15) is 0 Å². The van der Waals surface area contributed by atoms with Gasteiger partial charge in [-0.3, -0.25) is 0 Å². The molecule has 0 aliphatic rings. The number of aromatic nitrogens is 2. The third-order valence-electron chi connectivity index (χ3n) is 2.11. The Morgan fingerprint density at radius 2 is 2.18 bits per heavy atom. The monoisotopic (exact) mass is 296 g/mol. The molecule has 0 aromatic carbocycles. The van der Waals surface area contributed by atoms with Crippen LogP contribution in [-0.4, -0.2) is 22.5 Å². The van der Waals surface area contributed by atoms with Crippen LogP contribution >= 0.6 is 18.1 Å². The predicted molar refractivity (Wildman–Crippen MR) is 74.7 cm³/mol. The van der Waals surface area contributed by atoms with E-state index in [0.717, 1.165) is 0 Å². The van der Waals surface area contributed by atoms with E-state index < -0.39 is 6.49 Å². The Morgan fingerprint density at radius 3 is 2.65 bits per heavy atom. The largest absolute Gasteiger partial charge is 0.426 e. The molecule has 0 fully saturated rings. The third-order valence-corrected chi connectivity index (χ3v) is 5.50. The fourth-order valence-corrected chi connectivity index (χ4v) is 3.21. The van der Waals surface area contributed by atoms with E-state index in [0.29, 0.717) is 23.8 Å². The summed E-state index contributed by atoms with van der Waals surface area (Å²) in [4.78, 5) is 0. The summed E-state index contributed by atoms with van der Waals surface area (Å²) in [5, 5.41) is 4.57. The molecular weight excluding hydrogens is 279 g/mol. The quantitative estimate of drug-likeness (QED) is 0.747. The average molecular weight is 297 g/mol. The summed E-state index contributed by atoms with van der Waals surface area (Å²) < 4.78 is 13.1. The molecule has 1 unspecified atom stereocenters. The molecule has 7 heteroatoms. The standard InChI is InChI=1S/C10H18ClN2O2PS/c1-5-14-16(17,6-2)15-10-7-9(11)12-13(10)8(3)4/h7-8H,5-6H2,1-4H3. The van der Waals surface area contributed by atoms with Gasteiger partial charge in [-0.25, -0.2) is 4.68 Å². The van der Waals surface area contributed by atoms with Crippen LogP contribution in [0.3, 0.4) is 0 Å². The Hall–Kier alpha value is -0.0900. The molecule has 0 spiro atoms. The van der Waals surface area contributed by atoms with Crippen molar-refractivity contribution in [3.05, 3.63) is 11.2 Å². The first-order valence-corrected chi connectivity index (χ1v) is 8.80. The highest BCUT2D eigenvalue weighted by Crippen LogP contribution is 2.48. The summed E-state index contributed by atoms with van der Waals surface area (Å²) in [5.41, 5.74) is 0. The molecule has 0 aliphatic heterocycles. The maximum Gasteiger partial charge on any atom is 0.239 e. The molecule has 1 atom stereocenters. The van der Waals surface area contributed by atoms with E-state index in [1.807, 2.05) is 27.7 Å². The summed E-state index contributed by atoms with van der Waals surface area (Å²) in [6.45, 7) is 6.18. The van der Waals surface area contributed by atoms with Gasteiger partial charge in [-0.15, -0.1) is 0 Å². The summed E-state index contributed by atoms with van der Waals surface area (Å²) >= 11 is 11.3. The van der Waals surface area contributed by atoms with Crippen molar-refractivity contribution in [2.45, 2.75) is 33.7 Å². The van der Waals surface area contributed by atoms with Crippen LogP contribution in [0, 0.1) is 0 Å². The van der Waals surface area contributed by atoms with Gasteiger partial charge < -0.3 is 9.05 Å². The molecule has 1 aromatic heterocycles. The highest BCUT2D eigenvalue weighted by molar-refractivity contribution is 8.10. The van der Waals surface area contributed by atoms with Gasteiger partial charge in [0.25, 0.3) is 0 Å². The molecule has 98 valence electrons. The van der Waals surface area contributed by atoms with E-state index in [2.05, 4.69) is 5.10 Å². The Kier molecular flexibility index (Phi) is 5.45. The van der Waals surface area contributed by atoms with Gasteiger partial charge >= 0.3 is 0 Å². The van der Waals surface area contributed by atoms with Gasteiger partial charge in [0.2, 0.25) is 12.4 Å². The fourth-order valence-electron chi connectivity index (χ4n) is 1.31. The molecule has 0 saturated heterocycles. The van der Waals surface area contributed by atoms with Crippen LogP contribution in [-0.2, 0) is 16.3 Å². The number of rotatable bonds is 6. The SMILES string of the molecule is CCOP(=S)(CC)Oc1cc(Cl)nn1C(C)C. The van der Waals surface area contributed by atoms with Crippen molar-refractivity contribution in [1.82, 2.24) is 9.78 Å². The Balaban J connectivity index is 2.97. The van der Waals surface area contributed by atoms with Gasteiger partial charge in [0, 0.05) is 12.2 Å². The molecule has 0 saturated carbocycles. The van der Waals surface area contributed by atoms with E-state index in [1.165, 1.54) is 0 Å². The Bertz CT molecular complexity index is 422. The second kappa shape index (κ2) is 6.19. The summed E-state index contributed by atoms with van der Waals surface area (Å²) in [5.74, 6) is 0.587. The average Bonchev–Trinajstić information content (AvgIpc) is 2.59. The summed E-state index contributed by atoms with van der Waals surface area (Å²) in [6, 6.07) is 1.84. The number of nitrogens with zero attached hydrogens (tertiary/aromatic N) is 2. The zero-order valence-corrected chi connectivity index (χ0v) is 13.0. The lowest BCUT2D eigenvalue weighted by molar-refractivity contribution is 0.320.